The first kappa shape index (κ1) is 24.7. The molecule has 0 unspecified atom stereocenters. The molecule has 1 amide bonds. The Hall–Kier alpha value is -3.01. The lowest BCUT2D eigenvalue weighted by Gasteiger charge is -2.29. The molecule has 3 heterocycles. The van der Waals surface area contributed by atoms with Crippen molar-refractivity contribution in [2.45, 2.75) is 44.6 Å². The maximum absolute atomic E-state index is 13.7. The van der Waals surface area contributed by atoms with Gasteiger partial charge in [0.05, 0.1) is 27.9 Å². The molecule has 188 valence electrons. The zero-order valence-electron chi connectivity index (χ0n) is 20.4. The fourth-order valence-electron chi connectivity index (χ4n) is 4.38. The summed E-state index contributed by atoms with van der Waals surface area (Å²) in [6.07, 6.45) is 4.22. The molecular formula is C27H29N3O4S2. The Morgan fingerprint density at radius 2 is 1.89 bits per heavy atom. The molecular weight excluding hydrogens is 494 g/mol. The van der Waals surface area contributed by atoms with Crippen molar-refractivity contribution in [3.8, 4) is 0 Å². The van der Waals surface area contributed by atoms with Gasteiger partial charge in [-0.15, -0.1) is 0 Å². The number of piperidine rings is 1. The number of aryl methyl sites for hydroxylation is 1. The van der Waals surface area contributed by atoms with Crippen LogP contribution in [0.4, 0.5) is 5.13 Å². The van der Waals surface area contributed by atoms with Crippen molar-refractivity contribution in [2.24, 2.45) is 5.92 Å². The standard InChI is InChI=1S/C27H29N3O4S2/c1-3-20-6-11-24-25(17-20)35-27(28-24)30(18-22-5-4-16-34-22)26(31)21-7-9-23(10-8-21)36(32,33)29-14-12-19(2)13-15-29/h4-11,16-17,19H,3,12-15,18H2,1-2H3. The van der Waals surface area contributed by atoms with Gasteiger partial charge in [0.1, 0.15) is 5.76 Å². The van der Waals surface area contributed by atoms with Gasteiger partial charge in [0.15, 0.2) is 5.13 Å². The van der Waals surface area contributed by atoms with Crippen molar-refractivity contribution in [3.05, 3.63) is 77.7 Å². The zero-order valence-corrected chi connectivity index (χ0v) is 22.0. The summed E-state index contributed by atoms with van der Waals surface area (Å²) in [5.74, 6) is 0.903. The van der Waals surface area contributed by atoms with Crippen LogP contribution in [0.3, 0.4) is 0 Å². The van der Waals surface area contributed by atoms with E-state index in [1.54, 1.807) is 33.7 Å². The maximum Gasteiger partial charge on any atom is 0.260 e. The lowest BCUT2D eigenvalue weighted by molar-refractivity contribution is 0.0983. The highest BCUT2D eigenvalue weighted by Gasteiger charge is 2.29. The average molecular weight is 524 g/mol. The highest BCUT2D eigenvalue weighted by Crippen LogP contribution is 2.32. The minimum Gasteiger partial charge on any atom is -0.467 e. The van der Waals surface area contributed by atoms with E-state index in [4.69, 9.17) is 9.40 Å². The number of anilines is 1. The van der Waals surface area contributed by atoms with Crippen LogP contribution in [-0.2, 0) is 23.0 Å². The number of aromatic nitrogens is 1. The summed E-state index contributed by atoms with van der Waals surface area (Å²) in [5.41, 5.74) is 2.43. The first-order chi connectivity index (χ1) is 17.3. The third-order valence-corrected chi connectivity index (χ3v) is 9.66. The minimum absolute atomic E-state index is 0.207. The number of hydrogen-bond acceptors (Lipinski definition) is 6. The van der Waals surface area contributed by atoms with E-state index in [-0.39, 0.29) is 17.3 Å². The lowest BCUT2D eigenvalue weighted by atomic mass is 10.0. The van der Waals surface area contributed by atoms with Gasteiger partial charge in [-0.3, -0.25) is 9.69 Å². The Bertz CT molecular complexity index is 1450. The van der Waals surface area contributed by atoms with E-state index in [0.29, 0.717) is 35.5 Å². The number of sulfonamides is 1. The van der Waals surface area contributed by atoms with Gasteiger partial charge >= 0.3 is 0 Å². The SMILES string of the molecule is CCc1ccc2nc(N(Cc3ccco3)C(=O)c3ccc(S(=O)(=O)N4CCC(C)CC4)cc3)sc2c1. The van der Waals surface area contributed by atoms with E-state index in [1.165, 1.54) is 29.0 Å². The van der Waals surface area contributed by atoms with Gasteiger partial charge in [-0.25, -0.2) is 13.4 Å². The second-order valence-corrected chi connectivity index (χ2v) is 12.2. The number of carbonyl (C=O) groups is 1. The van der Waals surface area contributed by atoms with E-state index in [1.807, 2.05) is 18.2 Å². The summed E-state index contributed by atoms with van der Waals surface area (Å²) >= 11 is 1.46. The fourth-order valence-corrected chi connectivity index (χ4v) is 6.87. The Kier molecular flexibility index (Phi) is 6.96. The first-order valence-electron chi connectivity index (χ1n) is 12.2. The molecule has 0 N–H and O–H groups in total. The summed E-state index contributed by atoms with van der Waals surface area (Å²) < 4.78 is 34.3. The van der Waals surface area contributed by atoms with Crippen LogP contribution in [0.15, 0.2) is 70.2 Å². The Morgan fingerprint density at radius 3 is 2.56 bits per heavy atom. The van der Waals surface area contributed by atoms with E-state index in [0.717, 1.165) is 29.5 Å². The Morgan fingerprint density at radius 1 is 1.14 bits per heavy atom. The third kappa shape index (κ3) is 4.96. The van der Waals surface area contributed by atoms with Gasteiger partial charge in [0.25, 0.3) is 5.91 Å². The maximum atomic E-state index is 13.7. The van der Waals surface area contributed by atoms with Crippen molar-refractivity contribution < 1.29 is 17.6 Å². The molecule has 1 saturated heterocycles. The molecule has 7 nitrogen and oxygen atoms in total. The molecule has 5 rings (SSSR count). The average Bonchev–Trinajstić information content (AvgIpc) is 3.56. The van der Waals surface area contributed by atoms with Crippen molar-refractivity contribution >= 4 is 42.6 Å². The second-order valence-electron chi connectivity index (χ2n) is 9.23. The zero-order chi connectivity index (χ0) is 25.3. The van der Waals surface area contributed by atoms with Crippen molar-refractivity contribution in [1.29, 1.82) is 0 Å². The van der Waals surface area contributed by atoms with Crippen molar-refractivity contribution in [2.75, 3.05) is 18.0 Å². The van der Waals surface area contributed by atoms with E-state index in [9.17, 15) is 13.2 Å². The summed E-state index contributed by atoms with van der Waals surface area (Å²) in [7, 11) is -3.58. The molecule has 0 saturated carbocycles. The monoisotopic (exact) mass is 523 g/mol. The number of carbonyl (C=O) groups excluding carboxylic acids is 1. The third-order valence-electron chi connectivity index (χ3n) is 6.70. The lowest BCUT2D eigenvalue weighted by Crippen LogP contribution is -2.37. The first-order valence-corrected chi connectivity index (χ1v) is 14.4. The largest absolute Gasteiger partial charge is 0.467 e. The Labute approximate surface area is 215 Å². The van der Waals surface area contributed by atoms with Crippen LogP contribution in [-0.4, -0.2) is 36.7 Å². The quantitative estimate of drug-likeness (QED) is 0.309. The minimum atomic E-state index is -3.58. The Balaban J connectivity index is 1.44. The van der Waals surface area contributed by atoms with Gasteiger partial charge < -0.3 is 4.42 Å². The molecule has 1 fully saturated rings. The van der Waals surface area contributed by atoms with Crippen molar-refractivity contribution in [3.63, 3.8) is 0 Å². The summed E-state index contributed by atoms with van der Waals surface area (Å²) in [6, 6.07) is 15.9. The van der Waals surface area contributed by atoms with Gasteiger partial charge in [-0.2, -0.15) is 4.31 Å². The number of fused-ring (bicyclic) bond motifs is 1. The molecule has 0 spiro atoms. The van der Waals surface area contributed by atoms with Crippen LogP contribution in [0.2, 0.25) is 0 Å². The smallest absolute Gasteiger partial charge is 0.260 e. The van der Waals surface area contributed by atoms with Crippen LogP contribution in [0.25, 0.3) is 10.2 Å². The summed E-state index contributed by atoms with van der Waals surface area (Å²) in [4.78, 5) is 20.2. The van der Waals surface area contributed by atoms with Crippen LogP contribution >= 0.6 is 11.3 Å². The predicted molar refractivity (Wildman–Crippen MR) is 142 cm³/mol. The number of benzene rings is 2. The van der Waals surface area contributed by atoms with Gasteiger partial charge in [-0.05, 0) is 79.3 Å². The fraction of sp³-hybridized carbons (Fsp3) is 0.333. The van der Waals surface area contributed by atoms with Crippen LogP contribution in [0.1, 0.15) is 48.4 Å². The molecule has 2 aromatic heterocycles. The van der Waals surface area contributed by atoms with Gasteiger partial charge in [0, 0.05) is 18.7 Å². The number of furan rings is 1. The molecule has 1 aliphatic rings. The number of thiazole rings is 1. The van der Waals surface area contributed by atoms with Crippen LogP contribution in [0.5, 0.6) is 0 Å². The molecule has 9 heteroatoms. The van der Waals surface area contributed by atoms with Crippen molar-refractivity contribution in [1.82, 2.24) is 9.29 Å². The van der Waals surface area contributed by atoms with Gasteiger partial charge in [0.2, 0.25) is 10.0 Å². The normalized spacial score (nSPS) is 15.4. The number of nitrogens with zero attached hydrogens (tertiary/aromatic N) is 3. The van der Waals surface area contributed by atoms with E-state index in [2.05, 4.69) is 19.9 Å². The molecule has 2 aromatic carbocycles. The van der Waals surface area contributed by atoms with Crippen LogP contribution < -0.4 is 4.90 Å². The van der Waals surface area contributed by atoms with E-state index >= 15 is 0 Å². The number of hydrogen-bond donors (Lipinski definition) is 0. The topological polar surface area (TPSA) is 83.7 Å². The highest BCUT2D eigenvalue weighted by atomic mass is 32.2. The van der Waals surface area contributed by atoms with E-state index < -0.39 is 10.0 Å². The molecule has 0 aliphatic carbocycles. The number of amides is 1. The summed E-state index contributed by atoms with van der Waals surface area (Å²) in [5, 5.41) is 0.568. The molecule has 0 radical (unpaired) electrons. The molecule has 0 atom stereocenters. The second kappa shape index (κ2) is 10.2. The summed E-state index contributed by atoms with van der Waals surface area (Å²) in [6.45, 7) is 5.52. The highest BCUT2D eigenvalue weighted by molar-refractivity contribution is 7.89. The van der Waals surface area contributed by atoms with Gasteiger partial charge in [-0.1, -0.05) is 31.3 Å². The van der Waals surface area contributed by atoms with Crippen LogP contribution in [0, 0.1) is 5.92 Å². The predicted octanol–water partition coefficient (Wildman–Crippen LogP) is 5.72. The molecule has 4 aromatic rings. The molecule has 36 heavy (non-hydrogen) atoms. The number of rotatable bonds is 7. The molecule has 0 bridgehead atoms. The molecule has 1 aliphatic heterocycles.